The summed E-state index contributed by atoms with van der Waals surface area (Å²) in [5.74, 6) is -0.508. The van der Waals surface area contributed by atoms with E-state index in [9.17, 15) is 4.79 Å². The van der Waals surface area contributed by atoms with Crippen LogP contribution in [0.25, 0.3) is 0 Å². The van der Waals surface area contributed by atoms with Crippen molar-refractivity contribution in [2.24, 2.45) is 5.73 Å². The van der Waals surface area contributed by atoms with Crippen molar-refractivity contribution in [2.45, 2.75) is 6.92 Å². The second-order valence-electron chi connectivity index (χ2n) is 4.27. The smallest absolute Gasteiger partial charge is 0.248 e. The Bertz CT molecular complexity index is 641. The van der Waals surface area contributed by atoms with Crippen molar-refractivity contribution >= 4 is 34.6 Å². The van der Waals surface area contributed by atoms with Crippen LogP contribution in [0.15, 0.2) is 36.4 Å². The number of anilines is 3. The maximum absolute atomic E-state index is 11.0. The maximum atomic E-state index is 11.0. The summed E-state index contributed by atoms with van der Waals surface area (Å²) in [5, 5.41) is 3.73. The van der Waals surface area contributed by atoms with E-state index in [1.54, 1.807) is 12.1 Å². The van der Waals surface area contributed by atoms with Gasteiger partial charge in [-0.05, 0) is 42.8 Å². The standard InChI is InChI=1S/C14H14ClN3O/c1-8-2-4-12(10(15)6-8)18-13-5-3-9(14(17)19)7-11(13)16/h2-7,18H,16H2,1H3,(H2,17,19). The molecule has 0 spiro atoms. The highest BCUT2D eigenvalue weighted by atomic mass is 35.5. The molecule has 1 amide bonds. The molecule has 0 saturated carbocycles. The van der Waals surface area contributed by atoms with Crippen molar-refractivity contribution in [2.75, 3.05) is 11.1 Å². The van der Waals surface area contributed by atoms with Gasteiger partial charge in [0.05, 0.1) is 22.1 Å². The van der Waals surface area contributed by atoms with Crippen LogP contribution in [0.2, 0.25) is 5.02 Å². The minimum atomic E-state index is -0.508. The number of rotatable bonds is 3. The van der Waals surface area contributed by atoms with Gasteiger partial charge in [0.25, 0.3) is 0 Å². The minimum Gasteiger partial charge on any atom is -0.397 e. The lowest BCUT2D eigenvalue weighted by atomic mass is 10.1. The van der Waals surface area contributed by atoms with Crippen LogP contribution in [0.4, 0.5) is 17.1 Å². The number of hydrogen-bond acceptors (Lipinski definition) is 3. The van der Waals surface area contributed by atoms with E-state index in [2.05, 4.69) is 5.32 Å². The average molecular weight is 276 g/mol. The highest BCUT2D eigenvalue weighted by Gasteiger charge is 2.07. The van der Waals surface area contributed by atoms with Gasteiger partial charge in [-0.3, -0.25) is 4.79 Å². The molecule has 2 rings (SSSR count). The maximum Gasteiger partial charge on any atom is 0.248 e. The van der Waals surface area contributed by atoms with E-state index in [-0.39, 0.29) is 0 Å². The van der Waals surface area contributed by atoms with Crippen LogP contribution < -0.4 is 16.8 Å². The van der Waals surface area contributed by atoms with E-state index in [4.69, 9.17) is 23.1 Å². The number of nitrogens with two attached hydrogens (primary N) is 2. The number of carbonyl (C=O) groups is 1. The van der Waals surface area contributed by atoms with E-state index in [0.29, 0.717) is 22.0 Å². The fraction of sp³-hybridized carbons (Fsp3) is 0.0714. The van der Waals surface area contributed by atoms with Gasteiger partial charge < -0.3 is 16.8 Å². The zero-order chi connectivity index (χ0) is 14.0. The van der Waals surface area contributed by atoms with E-state index in [1.165, 1.54) is 6.07 Å². The molecule has 0 radical (unpaired) electrons. The normalized spacial score (nSPS) is 10.2. The first-order valence-corrected chi connectivity index (χ1v) is 6.07. The Labute approximate surface area is 116 Å². The second kappa shape index (κ2) is 5.20. The Balaban J connectivity index is 2.31. The van der Waals surface area contributed by atoms with Crippen LogP contribution in [-0.4, -0.2) is 5.91 Å². The van der Waals surface area contributed by atoms with Gasteiger partial charge in [0.2, 0.25) is 5.91 Å². The molecular formula is C14H14ClN3O. The molecule has 0 aliphatic carbocycles. The molecule has 0 aliphatic heterocycles. The molecule has 0 aliphatic rings. The Kier molecular flexibility index (Phi) is 3.62. The predicted octanol–water partition coefficient (Wildman–Crippen LogP) is 3.07. The summed E-state index contributed by atoms with van der Waals surface area (Å²) in [4.78, 5) is 11.0. The first-order chi connectivity index (χ1) is 8.97. The number of benzene rings is 2. The summed E-state index contributed by atoms with van der Waals surface area (Å²) < 4.78 is 0. The van der Waals surface area contributed by atoms with Gasteiger partial charge in [-0.2, -0.15) is 0 Å². The van der Waals surface area contributed by atoms with E-state index in [1.807, 2.05) is 25.1 Å². The summed E-state index contributed by atoms with van der Waals surface area (Å²) in [6.07, 6.45) is 0. The second-order valence-corrected chi connectivity index (χ2v) is 4.68. The molecule has 2 aromatic carbocycles. The Morgan fingerprint density at radius 3 is 2.42 bits per heavy atom. The van der Waals surface area contributed by atoms with Crippen molar-refractivity contribution in [1.82, 2.24) is 0 Å². The Morgan fingerprint density at radius 1 is 1.16 bits per heavy atom. The fourth-order valence-corrected chi connectivity index (χ4v) is 1.98. The predicted molar refractivity (Wildman–Crippen MR) is 78.8 cm³/mol. The van der Waals surface area contributed by atoms with E-state index in [0.717, 1.165) is 11.3 Å². The molecule has 0 unspecified atom stereocenters. The molecule has 0 bridgehead atoms. The summed E-state index contributed by atoms with van der Waals surface area (Å²) >= 11 is 6.14. The third-order valence-electron chi connectivity index (χ3n) is 2.73. The number of hydrogen-bond donors (Lipinski definition) is 3. The largest absolute Gasteiger partial charge is 0.397 e. The SMILES string of the molecule is Cc1ccc(Nc2ccc(C(N)=O)cc2N)c(Cl)c1. The number of halogens is 1. The zero-order valence-electron chi connectivity index (χ0n) is 10.4. The number of amides is 1. The van der Waals surface area contributed by atoms with Gasteiger partial charge in [0.15, 0.2) is 0 Å². The molecule has 4 nitrogen and oxygen atoms in total. The summed E-state index contributed by atoms with van der Waals surface area (Å²) in [7, 11) is 0. The highest BCUT2D eigenvalue weighted by molar-refractivity contribution is 6.33. The van der Waals surface area contributed by atoms with Crippen LogP contribution in [0, 0.1) is 6.92 Å². The van der Waals surface area contributed by atoms with Gasteiger partial charge in [-0.1, -0.05) is 17.7 Å². The quantitative estimate of drug-likeness (QED) is 0.753. The molecular weight excluding hydrogens is 262 g/mol. The molecule has 5 heteroatoms. The van der Waals surface area contributed by atoms with Crippen molar-refractivity contribution in [3.8, 4) is 0 Å². The number of aryl methyl sites for hydroxylation is 1. The van der Waals surface area contributed by atoms with Crippen molar-refractivity contribution in [3.05, 3.63) is 52.5 Å². The minimum absolute atomic E-state index is 0.373. The topological polar surface area (TPSA) is 81.1 Å². The molecule has 19 heavy (non-hydrogen) atoms. The molecule has 0 fully saturated rings. The summed E-state index contributed by atoms with van der Waals surface area (Å²) in [6, 6.07) is 10.5. The summed E-state index contributed by atoms with van der Waals surface area (Å²) in [6.45, 7) is 1.96. The lowest BCUT2D eigenvalue weighted by Crippen LogP contribution is -2.11. The zero-order valence-corrected chi connectivity index (χ0v) is 11.2. The molecule has 5 N–H and O–H groups in total. The van der Waals surface area contributed by atoms with Crippen LogP contribution in [0.5, 0.6) is 0 Å². The Hall–Kier alpha value is -2.20. The van der Waals surface area contributed by atoms with Gasteiger partial charge >= 0.3 is 0 Å². The van der Waals surface area contributed by atoms with Crippen molar-refractivity contribution in [1.29, 1.82) is 0 Å². The molecule has 0 saturated heterocycles. The summed E-state index contributed by atoms with van der Waals surface area (Å²) in [5.41, 5.74) is 14.4. The van der Waals surface area contributed by atoms with E-state index < -0.39 is 5.91 Å². The fourth-order valence-electron chi connectivity index (χ4n) is 1.70. The lowest BCUT2D eigenvalue weighted by Gasteiger charge is -2.12. The first-order valence-electron chi connectivity index (χ1n) is 5.70. The average Bonchev–Trinajstić information content (AvgIpc) is 2.34. The third kappa shape index (κ3) is 2.98. The molecule has 0 atom stereocenters. The number of nitrogen functional groups attached to an aromatic ring is 1. The third-order valence-corrected chi connectivity index (χ3v) is 3.04. The first kappa shape index (κ1) is 13.2. The van der Waals surface area contributed by atoms with Crippen LogP contribution in [0.3, 0.4) is 0 Å². The van der Waals surface area contributed by atoms with Crippen molar-refractivity contribution < 1.29 is 4.79 Å². The Morgan fingerprint density at radius 2 is 1.84 bits per heavy atom. The highest BCUT2D eigenvalue weighted by Crippen LogP contribution is 2.29. The van der Waals surface area contributed by atoms with Gasteiger partial charge in [0, 0.05) is 5.56 Å². The number of primary amides is 1. The van der Waals surface area contributed by atoms with Gasteiger partial charge in [-0.15, -0.1) is 0 Å². The molecule has 2 aromatic rings. The monoisotopic (exact) mass is 275 g/mol. The molecule has 0 aromatic heterocycles. The molecule has 0 heterocycles. The van der Waals surface area contributed by atoms with Crippen molar-refractivity contribution in [3.63, 3.8) is 0 Å². The van der Waals surface area contributed by atoms with Gasteiger partial charge in [0.1, 0.15) is 0 Å². The lowest BCUT2D eigenvalue weighted by molar-refractivity contribution is 0.100. The van der Waals surface area contributed by atoms with E-state index >= 15 is 0 Å². The van der Waals surface area contributed by atoms with Crippen LogP contribution in [-0.2, 0) is 0 Å². The molecule has 98 valence electrons. The van der Waals surface area contributed by atoms with Crippen LogP contribution in [0.1, 0.15) is 15.9 Å². The van der Waals surface area contributed by atoms with Crippen LogP contribution >= 0.6 is 11.6 Å². The number of carbonyl (C=O) groups excluding carboxylic acids is 1. The van der Waals surface area contributed by atoms with Gasteiger partial charge in [-0.25, -0.2) is 0 Å². The number of nitrogens with one attached hydrogen (secondary N) is 1.